The summed E-state index contributed by atoms with van der Waals surface area (Å²) in [5.41, 5.74) is 10.3. The van der Waals surface area contributed by atoms with E-state index in [0.29, 0.717) is 0 Å². The van der Waals surface area contributed by atoms with Crippen molar-refractivity contribution in [2.75, 3.05) is 0 Å². The Morgan fingerprint density at radius 2 is 1.11 bits per heavy atom. The maximum atomic E-state index is 4.45. The third-order valence-electron chi connectivity index (χ3n) is 8.68. The molecule has 0 saturated carbocycles. The zero-order chi connectivity index (χ0) is 36.8. The van der Waals surface area contributed by atoms with Crippen molar-refractivity contribution in [3.8, 4) is 45.0 Å². The second-order valence-electron chi connectivity index (χ2n) is 12.2. The van der Waals surface area contributed by atoms with Gasteiger partial charge in [0.15, 0.2) is 12.7 Å². The number of fused-ring (bicyclic) bond motifs is 4. The molecular formula is C49H36BrN4Pt+. The molecule has 4 aromatic heterocycles. The van der Waals surface area contributed by atoms with Crippen LogP contribution in [-0.2, 0) is 27.6 Å². The summed E-state index contributed by atoms with van der Waals surface area (Å²) in [5, 5.41) is 2.39. The first-order chi connectivity index (χ1) is 26.7. The van der Waals surface area contributed by atoms with Crippen LogP contribution in [0, 0.1) is 12.1 Å². The number of hydrogen-bond acceptors (Lipinski definition) is 3. The zero-order valence-corrected chi connectivity index (χ0v) is 33.7. The summed E-state index contributed by atoms with van der Waals surface area (Å²) in [6, 6.07) is 67.2. The monoisotopic (exact) mass is 954 g/mol. The molecule has 0 saturated heterocycles. The zero-order valence-electron chi connectivity index (χ0n) is 29.8. The maximum Gasteiger partial charge on any atom is 2.00 e. The number of pyridine rings is 4. The van der Waals surface area contributed by atoms with Gasteiger partial charge in [-0.2, -0.15) is 4.57 Å². The molecule has 268 valence electrons. The minimum absolute atomic E-state index is 0. The maximum absolute atomic E-state index is 4.45. The van der Waals surface area contributed by atoms with Crippen LogP contribution in [-0.4, -0.2) is 15.0 Å². The fourth-order valence-electron chi connectivity index (χ4n) is 6.09. The van der Waals surface area contributed by atoms with Gasteiger partial charge in [0.1, 0.15) is 0 Å². The molecule has 0 N–H and O–H groups in total. The number of nitrogens with zero attached hydrogens (tertiary/aromatic N) is 4. The molecular weight excluding hydrogens is 920 g/mol. The molecule has 0 bridgehead atoms. The minimum Gasteiger partial charge on any atom is -0.305 e. The predicted molar refractivity (Wildman–Crippen MR) is 223 cm³/mol. The van der Waals surface area contributed by atoms with E-state index in [1.54, 1.807) is 12.4 Å². The van der Waals surface area contributed by atoms with Crippen LogP contribution >= 0.6 is 15.9 Å². The average molecular weight is 956 g/mol. The van der Waals surface area contributed by atoms with Crippen LogP contribution in [0.3, 0.4) is 0 Å². The van der Waals surface area contributed by atoms with Gasteiger partial charge in [0.25, 0.3) is 0 Å². The second kappa shape index (κ2) is 20.0. The molecule has 0 radical (unpaired) electrons. The van der Waals surface area contributed by atoms with Gasteiger partial charge in [-0.05, 0) is 64.6 Å². The van der Waals surface area contributed by atoms with Crippen LogP contribution in [0.25, 0.3) is 55.8 Å². The molecule has 0 fully saturated rings. The predicted octanol–water partition coefficient (Wildman–Crippen LogP) is 11.8. The number of aromatic nitrogens is 4. The van der Waals surface area contributed by atoms with Crippen LogP contribution in [0.2, 0.25) is 0 Å². The number of rotatable bonds is 3. The van der Waals surface area contributed by atoms with Gasteiger partial charge in [-0.15, -0.1) is 71.8 Å². The first kappa shape index (κ1) is 38.8. The summed E-state index contributed by atoms with van der Waals surface area (Å²) in [5.74, 6) is 0. The molecule has 10 rings (SSSR count). The van der Waals surface area contributed by atoms with Gasteiger partial charge in [0.05, 0.1) is 11.3 Å². The first-order valence-corrected chi connectivity index (χ1v) is 18.5. The molecule has 4 nitrogen and oxygen atoms in total. The molecule has 9 aromatic rings. The Bertz CT molecular complexity index is 2440. The van der Waals surface area contributed by atoms with Crippen molar-refractivity contribution in [3.05, 3.63) is 229 Å². The van der Waals surface area contributed by atoms with Crippen molar-refractivity contribution in [2.24, 2.45) is 0 Å². The van der Waals surface area contributed by atoms with Crippen LogP contribution in [0.15, 0.2) is 211 Å². The van der Waals surface area contributed by atoms with E-state index in [1.807, 2.05) is 134 Å². The molecule has 5 aromatic carbocycles. The first-order valence-electron chi connectivity index (χ1n) is 17.7. The SMILES string of the molecule is Brc1ccccc1-c1ccccn1.[Pt+2].[c-]1ccccc1-c1ccccn1.[c-]1ccccc1-c1nccc2ccccc12.c1ccc2c(c1)C[n+]1ccccc1-2. The summed E-state index contributed by atoms with van der Waals surface area (Å²) in [7, 11) is 0. The molecule has 1 aliphatic rings. The topological polar surface area (TPSA) is 42.6 Å². The molecule has 1 aliphatic heterocycles. The Balaban J connectivity index is 0.000000125. The van der Waals surface area contributed by atoms with Gasteiger partial charge in [-0.25, -0.2) is 0 Å². The van der Waals surface area contributed by atoms with E-state index in [-0.39, 0.29) is 21.1 Å². The van der Waals surface area contributed by atoms with Crippen LogP contribution < -0.4 is 4.57 Å². The molecule has 0 spiro atoms. The smallest absolute Gasteiger partial charge is 0.305 e. The molecule has 0 atom stereocenters. The summed E-state index contributed by atoms with van der Waals surface area (Å²) in [6.45, 7) is 1.02. The van der Waals surface area contributed by atoms with Crippen molar-refractivity contribution in [1.29, 1.82) is 0 Å². The fraction of sp³-hybridized carbons (Fsp3) is 0.0204. The summed E-state index contributed by atoms with van der Waals surface area (Å²) in [4.78, 5) is 12.9. The molecule has 5 heterocycles. The van der Waals surface area contributed by atoms with E-state index in [1.165, 1.54) is 27.6 Å². The summed E-state index contributed by atoms with van der Waals surface area (Å²) < 4.78 is 3.36. The largest absolute Gasteiger partial charge is 2.00 e. The summed E-state index contributed by atoms with van der Waals surface area (Å²) in [6.07, 6.45) is 7.57. The fourth-order valence-corrected chi connectivity index (χ4v) is 6.58. The second-order valence-corrected chi connectivity index (χ2v) is 13.1. The van der Waals surface area contributed by atoms with Crippen molar-refractivity contribution in [3.63, 3.8) is 0 Å². The quantitative estimate of drug-likeness (QED) is 0.131. The minimum atomic E-state index is 0. The Morgan fingerprint density at radius 1 is 0.491 bits per heavy atom. The van der Waals surface area contributed by atoms with Crippen molar-refractivity contribution < 1.29 is 25.6 Å². The van der Waals surface area contributed by atoms with Crippen molar-refractivity contribution in [2.45, 2.75) is 6.54 Å². The third-order valence-corrected chi connectivity index (χ3v) is 9.37. The third kappa shape index (κ3) is 10.2. The van der Waals surface area contributed by atoms with Crippen LogP contribution in [0.1, 0.15) is 5.56 Å². The van der Waals surface area contributed by atoms with E-state index >= 15 is 0 Å². The molecule has 0 amide bonds. The number of benzene rings is 5. The average Bonchev–Trinajstić information content (AvgIpc) is 3.65. The number of hydrogen-bond donors (Lipinski definition) is 0. The van der Waals surface area contributed by atoms with E-state index in [4.69, 9.17) is 0 Å². The van der Waals surface area contributed by atoms with E-state index in [0.717, 1.165) is 44.8 Å². The van der Waals surface area contributed by atoms with Gasteiger partial charge in [-0.3, -0.25) is 4.98 Å². The van der Waals surface area contributed by atoms with E-state index in [9.17, 15) is 0 Å². The molecule has 55 heavy (non-hydrogen) atoms. The molecule has 6 heteroatoms. The van der Waals surface area contributed by atoms with Gasteiger partial charge in [0.2, 0.25) is 5.69 Å². The van der Waals surface area contributed by atoms with Gasteiger partial charge in [0, 0.05) is 46.3 Å². The molecule has 0 unspecified atom stereocenters. The Labute approximate surface area is 345 Å². The van der Waals surface area contributed by atoms with Crippen LogP contribution in [0.5, 0.6) is 0 Å². The molecule has 0 aliphatic carbocycles. The van der Waals surface area contributed by atoms with Crippen molar-refractivity contribution >= 4 is 26.7 Å². The standard InChI is InChI=1S/C15H10N.C12H10N.C11H8BrN.C11H8N.Pt/c1-2-7-13(8-3-1)15-14-9-5-4-6-12(14)10-11-16-15;1-2-6-11-10(5-1)9-13-8-4-3-7-12(11)13;12-10-6-2-1-5-9(10)11-7-3-4-8-13-11;1-2-6-10(7-3-1)11-8-4-5-9-12-11;/h1-7,9-11H;1-8H,9H2;1-8H;1-6,8-9H;/q-1;+1;;-1;+2. The number of halogens is 1. The Kier molecular flexibility index (Phi) is 14.1. The van der Waals surface area contributed by atoms with E-state index in [2.05, 4.69) is 108 Å². The summed E-state index contributed by atoms with van der Waals surface area (Å²) >= 11 is 3.49. The van der Waals surface area contributed by atoms with Crippen molar-refractivity contribution in [1.82, 2.24) is 15.0 Å². The van der Waals surface area contributed by atoms with Crippen LogP contribution in [0.4, 0.5) is 0 Å². The normalized spacial score (nSPS) is 10.4. The van der Waals surface area contributed by atoms with E-state index < -0.39 is 0 Å². The Hall–Kier alpha value is -5.87. The van der Waals surface area contributed by atoms with Gasteiger partial charge < -0.3 is 9.97 Å². The Morgan fingerprint density at radius 3 is 1.82 bits per heavy atom. The van der Waals surface area contributed by atoms with Gasteiger partial charge in [-0.1, -0.05) is 94.8 Å². The van der Waals surface area contributed by atoms with Gasteiger partial charge >= 0.3 is 21.1 Å².